The first-order valence-electron chi connectivity index (χ1n) is 6.10. The van der Waals surface area contributed by atoms with Gasteiger partial charge in [0, 0.05) is 29.8 Å². The summed E-state index contributed by atoms with van der Waals surface area (Å²) in [4.78, 5) is 4.91. The molecule has 1 aromatic carbocycles. The monoisotopic (exact) mass is 297 g/mol. The molecule has 0 saturated carbocycles. The molecule has 2 rings (SSSR count). The van der Waals surface area contributed by atoms with Crippen LogP contribution in [-0.4, -0.2) is 43.0 Å². The summed E-state index contributed by atoms with van der Waals surface area (Å²) < 4.78 is 1.12. The van der Waals surface area contributed by atoms with Crippen molar-refractivity contribution in [3.63, 3.8) is 0 Å². The molecule has 3 nitrogen and oxygen atoms in total. The summed E-state index contributed by atoms with van der Waals surface area (Å²) in [5, 5.41) is 0. The van der Waals surface area contributed by atoms with Gasteiger partial charge in [-0.2, -0.15) is 0 Å². The van der Waals surface area contributed by atoms with E-state index in [-0.39, 0.29) is 0 Å². The van der Waals surface area contributed by atoms with Gasteiger partial charge in [0.1, 0.15) is 0 Å². The molecule has 1 saturated heterocycles. The summed E-state index contributed by atoms with van der Waals surface area (Å²) in [5.74, 6) is 0. The fraction of sp³-hybridized carbons (Fsp3) is 0.538. The Labute approximate surface area is 112 Å². The van der Waals surface area contributed by atoms with Gasteiger partial charge >= 0.3 is 0 Å². The highest BCUT2D eigenvalue weighted by Gasteiger charge is 2.13. The summed E-state index contributed by atoms with van der Waals surface area (Å²) in [5.41, 5.74) is 7.89. The van der Waals surface area contributed by atoms with Crippen molar-refractivity contribution in [2.75, 3.05) is 39.0 Å². The van der Waals surface area contributed by atoms with Crippen molar-refractivity contribution in [3.05, 3.63) is 28.2 Å². The predicted octanol–water partition coefficient (Wildman–Crippen LogP) is 2.17. The number of anilines is 1. The Morgan fingerprint density at radius 3 is 2.82 bits per heavy atom. The van der Waals surface area contributed by atoms with Crippen LogP contribution in [0.25, 0.3) is 0 Å². The first kappa shape index (κ1) is 12.9. The number of likely N-dealkylation sites (N-methyl/N-ethyl adjacent to an activating group) is 1. The second kappa shape index (κ2) is 5.85. The lowest BCUT2D eigenvalue weighted by Gasteiger charge is -2.20. The summed E-state index contributed by atoms with van der Waals surface area (Å²) >= 11 is 3.59. The Hall–Kier alpha value is -0.580. The number of hydrogen-bond acceptors (Lipinski definition) is 3. The van der Waals surface area contributed by atoms with E-state index in [1.54, 1.807) is 0 Å². The molecule has 0 aromatic heterocycles. The third-order valence-electron chi connectivity index (χ3n) is 3.28. The fourth-order valence-corrected chi connectivity index (χ4v) is 2.71. The van der Waals surface area contributed by atoms with Gasteiger partial charge in [-0.1, -0.05) is 22.0 Å². The topological polar surface area (TPSA) is 32.5 Å². The van der Waals surface area contributed by atoms with Crippen molar-refractivity contribution >= 4 is 21.6 Å². The predicted molar refractivity (Wildman–Crippen MR) is 75.9 cm³/mol. The highest BCUT2D eigenvalue weighted by Crippen LogP contribution is 2.21. The van der Waals surface area contributed by atoms with E-state index < -0.39 is 0 Å². The largest absolute Gasteiger partial charge is 0.399 e. The SMILES string of the molecule is CN1CCCN(Cc2ccc(N)cc2Br)CC1. The van der Waals surface area contributed by atoms with Gasteiger partial charge in [0.2, 0.25) is 0 Å². The van der Waals surface area contributed by atoms with Crippen molar-refractivity contribution in [1.29, 1.82) is 0 Å². The van der Waals surface area contributed by atoms with Crippen molar-refractivity contribution in [1.82, 2.24) is 9.80 Å². The zero-order valence-corrected chi connectivity index (χ0v) is 11.9. The zero-order chi connectivity index (χ0) is 12.3. The molecule has 0 amide bonds. The normalized spacial score (nSPS) is 19.2. The van der Waals surface area contributed by atoms with E-state index >= 15 is 0 Å². The first-order chi connectivity index (χ1) is 8.15. The highest BCUT2D eigenvalue weighted by atomic mass is 79.9. The van der Waals surface area contributed by atoms with Gasteiger partial charge in [0.05, 0.1) is 0 Å². The Bertz CT molecular complexity index is 381. The molecule has 0 atom stereocenters. The third-order valence-corrected chi connectivity index (χ3v) is 4.02. The number of benzene rings is 1. The number of halogens is 1. The van der Waals surface area contributed by atoms with E-state index in [1.165, 1.54) is 25.1 Å². The van der Waals surface area contributed by atoms with E-state index in [4.69, 9.17) is 5.73 Å². The second-order valence-corrected chi connectivity index (χ2v) is 5.64. The molecule has 0 spiro atoms. The van der Waals surface area contributed by atoms with Crippen LogP contribution in [0.2, 0.25) is 0 Å². The van der Waals surface area contributed by atoms with Crippen LogP contribution in [0, 0.1) is 0 Å². The molecule has 0 bridgehead atoms. The van der Waals surface area contributed by atoms with Crippen molar-refractivity contribution < 1.29 is 0 Å². The van der Waals surface area contributed by atoms with Crippen LogP contribution >= 0.6 is 15.9 Å². The highest BCUT2D eigenvalue weighted by molar-refractivity contribution is 9.10. The van der Waals surface area contributed by atoms with Crippen LogP contribution in [0.5, 0.6) is 0 Å². The smallest absolute Gasteiger partial charge is 0.0325 e. The minimum Gasteiger partial charge on any atom is -0.399 e. The first-order valence-corrected chi connectivity index (χ1v) is 6.89. The summed E-state index contributed by atoms with van der Waals surface area (Å²) in [6.07, 6.45) is 1.25. The standard InChI is InChI=1S/C13H20BrN3/c1-16-5-2-6-17(8-7-16)10-11-3-4-12(15)9-13(11)14/h3-4,9H,2,5-8,10,15H2,1H3. The quantitative estimate of drug-likeness (QED) is 0.849. The molecule has 0 radical (unpaired) electrons. The van der Waals surface area contributed by atoms with Gasteiger partial charge in [0.15, 0.2) is 0 Å². The molecule has 1 aromatic rings. The van der Waals surface area contributed by atoms with Crippen LogP contribution in [0.1, 0.15) is 12.0 Å². The van der Waals surface area contributed by atoms with Gasteiger partial charge in [-0.15, -0.1) is 0 Å². The Kier molecular flexibility index (Phi) is 4.42. The van der Waals surface area contributed by atoms with Crippen LogP contribution < -0.4 is 5.73 Å². The molecule has 1 heterocycles. The Morgan fingerprint density at radius 2 is 2.06 bits per heavy atom. The lowest BCUT2D eigenvalue weighted by Crippen LogP contribution is -2.28. The van der Waals surface area contributed by atoms with E-state index in [9.17, 15) is 0 Å². The van der Waals surface area contributed by atoms with Gasteiger partial charge < -0.3 is 10.6 Å². The molecular formula is C13H20BrN3. The maximum Gasteiger partial charge on any atom is 0.0325 e. The molecule has 4 heteroatoms. The summed E-state index contributed by atoms with van der Waals surface area (Å²) in [6.45, 7) is 5.70. The average Bonchev–Trinajstić information content (AvgIpc) is 2.48. The molecule has 94 valence electrons. The fourth-order valence-electron chi connectivity index (χ4n) is 2.19. The number of rotatable bonds is 2. The number of nitrogens with zero attached hydrogens (tertiary/aromatic N) is 2. The number of nitrogens with two attached hydrogens (primary N) is 1. The Morgan fingerprint density at radius 1 is 1.24 bits per heavy atom. The summed E-state index contributed by atoms with van der Waals surface area (Å²) in [7, 11) is 2.20. The van der Waals surface area contributed by atoms with Crippen LogP contribution in [0.15, 0.2) is 22.7 Å². The lowest BCUT2D eigenvalue weighted by atomic mass is 10.2. The molecule has 1 aliphatic heterocycles. The molecule has 17 heavy (non-hydrogen) atoms. The lowest BCUT2D eigenvalue weighted by molar-refractivity contribution is 0.269. The third kappa shape index (κ3) is 3.69. The van der Waals surface area contributed by atoms with Crippen molar-refractivity contribution in [2.45, 2.75) is 13.0 Å². The molecule has 0 aliphatic carbocycles. The maximum absolute atomic E-state index is 5.75. The van der Waals surface area contributed by atoms with Crippen molar-refractivity contribution in [3.8, 4) is 0 Å². The number of hydrogen-bond donors (Lipinski definition) is 1. The van der Waals surface area contributed by atoms with Crippen LogP contribution in [0.3, 0.4) is 0 Å². The summed E-state index contributed by atoms with van der Waals surface area (Å²) in [6, 6.07) is 6.08. The van der Waals surface area contributed by atoms with Crippen LogP contribution in [0.4, 0.5) is 5.69 Å². The molecular weight excluding hydrogens is 278 g/mol. The number of nitrogen functional groups attached to an aromatic ring is 1. The minimum atomic E-state index is 0.816. The van der Waals surface area contributed by atoms with Crippen molar-refractivity contribution in [2.24, 2.45) is 0 Å². The van der Waals surface area contributed by atoms with E-state index in [2.05, 4.69) is 38.8 Å². The van der Waals surface area contributed by atoms with E-state index in [1.807, 2.05) is 12.1 Å². The molecule has 1 fully saturated rings. The zero-order valence-electron chi connectivity index (χ0n) is 10.3. The molecule has 0 unspecified atom stereocenters. The van der Waals surface area contributed by atoms with Crippen LogP contribution in [-0.2, 0) is 6.54 Å². The second-order valence-electron chi connectivity index (χ2n) is 4.78. The van der Waals surface area contributed by atoms with E-state index in [0.29, 0.717) is 0 Å². The average molecular weight is 298 g/mol. The van der Waals surface area contributed by atoms with E-state index in [0.717, 1.165) is 29.8 Å². The van der Waals surface area contributed by atoms with Gasteiger partial charge in [-0.25, -0.2) is 0 Å². The molecule has 2 N–H and O–H groups in total. The Balaban J connectivity index is 2.00. The van der Waals surface area contributed by atoms with Gasteiger partial charge in [-0.3, -0.25) is 4.90 Å². The maximum atomic E-state index is 5.75. The van der Waals surface area contributed by atoms with Gasteiger partial charge in [-0.05, 0) is 44.3 Å². The van der Waals surface area contributed by atoms with Gasteiger partial charge in [0.25, 0.3) is 0 Å². The minimum absolute atomic E-state index is 0.816. The molecule has 1 aliphatic rings.